The Morgan fingerprint density at radius 2 is 1.24 bits per heavy atom. The molecule has 0 spiro atoms. The van der Waals surface area contributed by atoms with E-state index < -0.39 is 34.0 Å². The zero-order chi connectivity index (χ0) is 27.3. The summed E-state index contributed by atoms with van der Waals surface area (Å²) in [5.74, 6) is -2.12. The lowest BCUT2D eigenvalue weighted by Gasteiger charge is -2.35. The first kappa shape index (κ1) is 28.4. The van der Waals surface area contributed by atoms with Crippen molar-refractivity contribution in [1.82, 2.24) is 4.31 Å². The standard InChI is InChI=1S/C27H29BrN2O6S/c1-18-6-16-23(17-7-18)37(33,34)30(25(26(31)35-4)27(32)36-5)24(19-8-12-21(28)13-9-19)20-10-14-22(15-11-20)29(2)3/h6-17,24-25H,1-5H3. The maximum Gasteiger partial charge on any atom is 0.335 e. The number of carbonyl (C=O) groups excluding carboxylic acids is 2. The van der Waals surface area contributed by atoms with Crippen LogP contribution in [0.2, 0.25) is 0 Å². The third-order valence-corrected chi connectivity index (χ3v) is 8.24. The zero-order valence-electron chi connectivity index (χ0n) is 21.2. The number of rotatable bonds is 9. The van der Waals surface area contributed by atoms with E-state index in [1.54, 1.807) is 48.5 Å². The lowest BCUT2D eigenvalue weighted by atomic mass is 9.97. The Labute approximate surface area is 226 Å². The van der Waals surface area contributed by atoms with E-state index in [4.69, 9.17) is 9.47 Å². The maximum atomic E-state index is 14.2. The van der Waals surface area contributed by atoms with Gasteiger partial charge in [-0.15, -0.1) is 0 Å². The lowest BCUT2D eigenvalue weighted by molar-refractivity contribution is -0.158. The van der Waals surface area contributed by atoms with Crippen molar-refractivity contribution >= 4 is 43.6 Å². The van der Waals surface area contributed by atoms with Crippen molar-refractivity contribution in [2.24, 2.45) is 0 Å². The minimum atomic E-state index is -4.45. The highest BCUT2D eigenvalue weighted by Gasteiger charge is 2.47. The number of hydrogen-bond donors (Lipinski definition) is 0. The van der Waals surface area contributed by atoms with Gasteiger partial charge >= 0.3 is 11.9 Å². The van der Waals surface area contributed by atoms with Gasteiger partial charge < -0.3 is 14.4 Å². The van der Waals surface area contributed by atoms with Crippen LogP contribution in [0.1, 0.15) is 22.7 Å². The van der Waals surface area contributed by atoms with Crippen LogP contribution in [0.5, 0.6) is 0 Å². The summed E-state index contributed by atoms with van der Waals surface area (Å²) in [5.41, 5.74) is 2.83. The summed E-state index contributed by atoms with van der Waals surface area (Å²) in [7, 11) is 1.51. The van der Waals surface area contributed by atoms with Gasteiger partial charge in [-0.05, 0) is 54.4 Å². The molecule has 0 fully saturated rings. The molecule has 3 rings (SSSR count). The van der Waals surface area contributed by atoms with E-state index in [9.17, 15) is 18.0 Å². The fraction of sp³-hybridized carbons (Fsp3) is 0.259. The Bertz CT molecular complexity index is 1330. The molecule has 0 radical (unpaired) electrons. The SMILES string of the molecule is COC(=O)C(C(=O)OC)N(C(c1ccc(Br)cc1)c1ccc(N(C)C)cc1)S(=O)(=O)c1ccc(C)cc1. The van der Waals surface area contributed by atoms with Gasteiger partial charge in [-0.1, -0.05) is 57.9 Å². The molecule has 3 aromatic carbocycles. The monoisotopic (exact) mass is 588 g/mol. The third kappa shape index (κ3) is 6.20. The molecule has 0 aliphatic heterocycles. The average Bonchev–Trinajstić information content (AvgIpc) is 2.89. The molecule has 0 bridgehead atoms. The number of halogens is 1. The van der Waals surface area contributed by atoms with Crippen molar-refractivity contribution < 1.29 is 27.5 Å². The van der Waals surface area contributed by atoms with Crippen LogP contribution in [-0.4, -0.2) is 59.0 Å². The van der Waals surface area contributed by atoms with Gasteiger partial charge in [0, 0.05) is 24.3 Å². The summed E-state index contributed by atoms with van der Waals surface area (Å²) in [6.07, 6.45) is 0. The molecule has 0 heterocycles. The summed E-state index contributed by atoms with van der Waals surface area (Å²) in [4.78, 5) is 27.8. The molecule has 1 unspecified atom stereocenters. The summed E-state index contributed by atoms with van der Waals surface area (Å²) >= 11 is 3.41. The Hall–Kier alpha value is -3.21. The molecule has 10 heteroatoms. The Morgan fingerprint density at radius 3 is 1.68 bits per heavy atom. The summed E-state index contributed by atoms with van der Waals surface area (Å²) < 4.78 is 40.0. The number of benzene rings is 3. The molecule has 0 amide bonds. The number of anilines is 1. The van der Waals surface area contributed by atoms with E-state index in [1.807, 2.05) is 38.1 Å². The summed E-state index contributed by atoms with van der Waals surface area (Å²) in [6, 6.07) is 17.4. The fourth-order valence-electron chi connectivity index (χ4n) is 3.87. The van der Waals surface area contributed by atoms with Gasteiger partial charge in [0.2, 0.25) is 16.1 Å². The van der Waals surface area contributed by atoms with Crippen LogP contribution in [0.25, 0.3) is 0 Å². The Morgan fingerprint density at radius 1 is 0.784 bits per heavy atom. The van der Waals surface area contributed by atoms with Crippen molar-refractivity contribution in [3.63, 3.8) is 0 Å². The van der Waals surface area contributed by atoms with Crippen LogP contribution in [-0.2, 0) is 29.1 Å². The lowest BCUT2D eigenvalue weighted by Crippen LogP contribution is -2.52. The molecule has 0 N–H and O–H groups in total. The molecule has 196 valence electrons. The first-order chi connectivity index (χ1) is 17.5. The van der Waals surface area contributed by atoms with Gasteiger partial charge in [0.15, 0.2) is 0 Å². The van der Waals surface area contributed by atoms with Crippen LogP contribution < -0.4 is 4.90 Å². The van der Waals surface area contributed by atoms with E-state index in [0.717, 1.165) is 34.2 Å². The van der Waals surface area contributed by atoms with Gasteiger partial charge in [0.05, 0.1) is 25.2 Å². The fourth-order valence-corrected chi connectivity index (χ4v) is 5.83. The van der Waals surface area contributed by atoms with E-state index in [0.29, 0.717) is 11.1 Å². The van der Waals surface area contributed by atoms with E-state index >= 15 is 0 Å². The molecule has 0 saturated carbocycles. The van der Waals surface area contributed by atoms with Gasteiger partial charge in [-0.3, -0.25) is 0 Å². The number of ether oxygens (including phenoxy) is 2. The minimum absolute atomic E-state index is 0.0806. The molecule has 0 aromatic heterocycles. The van der Waals surface area contributed by atoms with Crippen LogP contribution in [0.4, 0.5) is 5.69 Å². The van der Waals surface area contributed by atoms with E-state index in [1.165, 1.54) is 12.1 Å². The first-order valence-electron chi connectivity index (χ1n) is 11.3. The highest BCUT2D eigenvalue weighted by Crippen LogP contribution is 2.37. The largest absolute Gasteiger partial charge is 0.467 e. The van der Waals surface area contributed by atoms with Crippen LogP contribution >= 0.6 is 15.9 Å². The van der Waals surface area contributed by atoms with Crippen molar-refractivity contribution in [2.75, 3.05) is 33.2 Å². The smallest absolute Gasteiger partial charge is 0.335 e. The second-order valence-corrected chi connectivity index (χ2v) is 11.3. The minimum Gasteiger partial charge on any atom is -0.467 e. The third-order valence-electron chi connectivity index (χ3n) is 5.87. The van der Waals surface area contributed by atoms with Gasteiger partial charge in [-0.25, -0.2) is 18.0 Å². The number of hydrogen-bond acceptors (Lipinski definition) is 7. The maximum absolute atomic E-state index is 14.2. The number of nitrogens with zero attached hydrogens (tertiary/aromatic N) is 2. The molecule has 0 aliphatic carbocycles. The first-order valence-corrected chi connectivity index (χ1v) is 13.5. The van der Waals surface area contributed by atoms with E-state index in [-0.39, 0.29) is 4.90 Å². The molecule has 0 aliphatic rings. The zero-order valence-corrected chi connectivity index (χ0v) is 23.6. The molecule has 8 nitrogen and oxygen atoms in total. The van der Waals surface area contributed by atoms with Crippen LogP contribution in [0.3, 0.4) is 0 Å². The highest BCUT2D eigenvalue weighted by molar-refractivity contribution is 9.10. The van der Waals surface area contributed by atoms with Crippen LogP contribution in [0.15, 0.2) is 82.2 Å². The predicted octanol–water partition coefficient (Wildman–Crippen LogP) is 4.32. The second kappa shape index (κ2) is 11.9. The number of sulfonamides is 1. The summed E-state index contributed by atoms with van der Waals surface area (Å²) in [6.45, 7) is 1.83. The van der Waals surface area contributed by atoms with Crippen molar-refractivity contribution in [3.8, 4) is 0 Å². The Balaban J connectivity index is 2.37. The molecule has 0 saturated heterocycles. The summed E-state index contributed by atoms with van der Waals surface area (Å²) in [5, 5.41) is 0. The van der Waals surface area contributed by atoms with Crippen molar-refractivity contribution in [2.45, 2.75) is 23.9 Å². The number of aryl methyl sites for hydroxylation is 1. The Kier molecular flexibility index (Phi) is 9.12. The molecule has 37 heavy (non-hydrogen) atoms. The second-order valence-electron chi connectivity index (χ2n) is 8.54. The number of esters is 2. The quantitative estimate of drug-likeness (QED) is 0.271. The van der Waals surface area contributed by atoms with Crippen LogP contribution in [0, 0.1) is 6.92 Å². The number of methoxy groups -OCH3 is 2. The highest BCUT2D eigenvalue weighted by atomic mass is 79.9. The predicted molar refractivity (Wildman–Crippen MR) is 145 cm³/mol. The molecular weight excluding hydrogens is 560 g/mol. The average molecular weight is 590 g/mol. The van der Waals surface area contributed by atoms with Gasteiger partial charge in [-0.2, -0.15) is 4.31 Å². The van der Waals surface area contributed by atoms with Crippen molar-refractivity contribution in [1.29, 1.82) is 0 Å². The molecule has 1 atom stereocenters. The number of carbonyl (C=O) groups is 2. The topological polar surface area (TPSA) is 93.2 Å². The van der Waals surface area contributed by atoms with Gasteiger partial charge in [0.25, 0.3) is 0 Å². The van der Waals surface area contributed by atoms with Crippen molar-refractivity contribution in [3.05, 3.63) is 94.0 Å². The molecule has 3 aromatic rings. The molecular formula is C27H29BrN2O6S. The van der Waals surface area contributed by atoms with Gasteiger partial charge in [0.1, 0.15) is 0 Å². The normalized spacial score (nSPS) is 12.3. The van der Waals surface area contributed by atoms with E-state index in [2.05, 4.69) is 15.9 Å².